The fraction of sp³-hybridized carbons (Fsp3) is 0.647. The van der Waals surface area contributed by atoms with Gasteiger partial charge < -0.3 is 10.5 Å². The van der Waals surface area contributed by atoms with E-state index >= 15 is 0 Å². The van der Waals surface area contributed by atoms with Crippen molar-refractivity contribution in [1.29, 1.82) is 0 Å². The van der Waals surface area contributed by atoms with Crippen molar-refractivity contribution in [2.75, 3.05) is 32.8 Å². The van der Waals surface area contributed by atoms with Crippen molar-refractivity contribution >= 4 is 0 Å². The van der Waals surface area contributed by atoms with Crippen molar-refractivity contribution < 1.29 is 4.74 Å². The van der Waals surface area contributed by atoms with Crippen LogP contribution < -0.4 is 5.73 Å². The van der Waals surface area contributed by atoms with Crippen LogP contribution in [0.4, 0.5) is 0 Å². The van der Waals surface area contributed by atoms with Crippen LogP contribution in [0.25, 0.3) is 0 Å². The van der Waals surface area contributed by atoms with Crippen molar-refractivity contribution in [1.82, 2.24) is 4.90 Å². The van der Waals surface area contributed by atoms with Crippen LogP contribution in [0.15, 0.2) is 30.3 Å². The van der Waals surface area contributed by atoms with Gasteiger partial charge in [-0.05, 0) is 37.4 Å². The van der Waals surface area contributed by atoms with Crippen molar-refractivity contribution in [2.45, 2.75) is 33.2 Å². The molecule has 2 N–H and O–H groups in total. The summed E-state index contributed by atoms with van der Waals surface area (Å²) < 4.78 is 5.72. The number of ether oxygens (including phenoxy) is 1. The van der Waals surface area contributed by atoms with Gasteiger partial charge in [-0.2, -0.15) is 0 Å². The Morgan fingerprint density at radius 2 is 1.85 bits per heavy atom. The summed E-state index contributed by atoms with van der Waals surface area (Å²) in [5.41, 5.74) is 6.98. The van der Waals surface area contributed by atoms with Gasteiger partial charge in [0.05, 0.1) is 6.61 Å². The first-order chi connectivity index (χ1) is 9.72. The monoisotopic (exact) mass is 278 g/mol. The minimum atomic E-state index is 0.715. The summed E-state index contributed by atoms with van der Waals surface area (Å²) in [7, 11) is 0. The highest BCUT2D eigenvalue weighted by molar-refractivity contribution is 5.14. The van der Waals surface area contributed by atoms with Crippen LogP contribution in [0.2, 0.25) is 0 Å². The molecule has 0 aliphatic heterocycles. The van der Waals surface area contributed by atoms with E-state index in [1.54, 1.807) is 0 Å². The summed E-state index contributed by atoms with van der Waals surface area (Å²) in [6.07, 6.45) is 2.18. The summed E-state index contributed by atoms with van der Waals surface area (Å²) >= 11 is 0. The van der Waals surface area contributed by atoms with Crippen molar-refractivity contribution in [3.8, 4) is 0 Å². The molecule has 0 aromatic heterocycles. The molecular formula is C17H30N2O. The Balaban J connectivity index is 2.28. The maximum absolute atomic E-state index is 5.72. The van der Waals surface area contributed by atoms with Gasteiger partial charge in [-0.1, -0.05) is 44.2 Å². The average molecular weight is 278 g/mol. The van der Waals surface area contributed by atoms with Crippen molar-refractivity contribution in [3.05, 3.63) is 35.9 Å². The van der Waals surface area contributed by atoms with Crippen LogP contribution in [0.1, 0.15) is 32.3 Å². The number of hydrogen-bond donors (Lipinski definition) is 1. The topological polar surface area (TPSA) is 38.5 Å². The highest BCUT2D eigenvalue weighted by Crippen LogP contribution is 2.05. The SMILES string of the molecule is CC(C)CCOCCN(CCCN)Cc1ccccc1. The smallest absolute Gasteiger partial charge is 0.0593 e. The number of benzene rings is 1. The molecule has 0 radical (unpaired) electrons. The molecule has 3 nitrogen and oxygen atoms in total. The van der Waals surface area contributed by atoms with Gasteiger partial charge in [-0.15, -0.1) is 0 Å². The minimum absolute atomic E-state index is 0.715. The molecule has 0 saturated heterocycles. The third-order valence-electron chi connectivity index (χ3n) is 3.32. The van der Waals surface area contributed by atoms with E-state index in [2.05, 4.69) is 49.1 Å². The van der Waals surface area contributed by atoms with Gasteiger partial charge in [0.25, 0.3) is 0 Å². The molecule has 1 aromatic rings. The maximum Gasteiger partial charge on any atom is 0.0593 e. The fourth-order valence-electron chi connectivity index (χ4n) is 2.04. The van der Waals surface area contributed by atoms with Gasteiger partial charge in [0.2, 0.25) is 0 Å². The standard InChI is InChI=1S/C17H30N2O/c1-16(2)9-13-20-14-12-19(11-6-10-18)15-17-7-4-3-5-8-17/h3-5,7-8,16H,6,9-15,18H2,1-2H3. The Morgan fingerprint density at radius 3 is 2.50 bits per heavy atom. The van der Waals surface area contributed by atoms with Crippen molar-refractivity contribution in [3.63, 3.8) is 0 Å². The Morgan fingerprint density at radius 1 is 1.10 bits per heavy atom. The molecule has 3 heteroatoms. The van der Waals surface area contributed by atoms with Crippen LogP contribution in [0.5, 0.6) is 0 Å². The highest BCUT2D eigenvalue weighted by atomic mass is 16.5. The lowest BCUT2D eigenvalue weighted by atomic mass is 10.1. The molecule has 0 heterocycles. The Bertz CT molecular complexity index is 327. The summed E-state index contributed by atoms with van der Waals surface area (Å²) in [6.45, 7) is 9.89. The van der Waals surface area contributed by atoms with E-state index in [0.717, 1.165) is 52.2 Å². The molecule has 0 fully saturated rings. The van der Waals surface area contributed by atoms with Gasteiger partial charge >= 0.3 is 0 Å². The third-order valence-corrected chi connectivity index (χ3v) is 3.32. The summed E-state index contributed by atoms with van der Waals surface area (Å²) in [4.78, 5) is 2.43. The Kier molecular flexibility index (Phi) is 9.29. The predicted octanol–water partition coefficient (Wildman–Crippen LogP) is 2.90. The van der Waals surface area contributed by atoms with E-state index in [0.29, 0.717) is 5.92 Å². The van der Waals surface area contributed by atoms with Gasteiger partial charge in [-0.3, -0.25) is 4.90 Å². The Hall–Kier alpha value is -0.900. The summed E-state index contributed by atoms with van der Waals surface area (Å²) in [5, 5.41) is 0. The molecule has 0 atom stereocenters. The summed E-state index contributed by atoms with van der Waals surface area (Å²) in [6, 6.07) is 10.6. The van der Waals surface area contributed by atoms with Gasteiger partial charge in [0.15, 0.2) is 0 Å². The number of hydrogen-bond acceptors (Lipinski definition) is 3. The van der Waals surface area contributed by atoms with Crippen LogP contribution >= 0.6 is 0 Å². The highest BCUT2D eigenvalue weighted by Gasteiger charge is 2.05. The molecule has 0 amide bonds. The number of rotatable bonds is 11. The molecule has 0 aliphatic rings. The van der Waals surface area contributed by atoms with E-state index in [1.165, 1.54) is 5.56 Å². The van der Waals surface area contributed by atoms with Crippen LogP contribution in [0.3, 0.4) is 0 Å². The molecule has 0 aliphatic carbocycles. The van der Waals surface area contributed by atoms with E-state index < -0.39 is 0 Å². The maximum atomic E-state index is 5.72. The van der Waals surface area contributed by atoms with E-state index in [9.17, 15) is 0 Å². The zero-order valence-electron chi connectivity index (χ0n) is 13.1. The molecule has 114 valence electrons. The quantitative estimate of drug-likeness (QED) is 0.633. The zero-order chi connectivity index (χ0) is 14.6. The van der Waals surface area contributed by atoms with E-state index in [1.807, 2.05) is 0 Å². The molecule has 0 bridgehead atoms. The first kappa shape index (κ1) is 17.2. The normalized spacial score (nSPS) is 11.4. The van der Waals surface area contributed by atoms with Crippen molar-refractivity contribution in [2.24, 2.45) is 11.7 Å². The molecule has 1 aromatic carbocycles. The average Bonchev–Trinajstić information content (AvgIpc) is 2.45. The van der Waals surface area contributed by atoms with Gasteiger partial charge in [0, 0.05) is 19.7 Å². The second kappa shape index (κ2) is 10.8. The lowest BCUT2D eigenvalue weighted by Crippen LogP contribution is -2.29. The van der Waals surface area contributed by atoms with Crippen LogP contribution in [-0.4, -0.2) is 37.7 Å². The molecule has 0 saturated carbocycles. The first-order valence-corrected chi connectivity index (χ1v) is 7.76. The molecule has 0 unspecified atom stereocenters. The largest absolute Gasteiger partial charge is 0.380 e. The first-order valence-electron chi connectivity index (χ1n) is 7.76. The minimum Gasteiger partial charge on any atom is -0.380 e. The zero-order valence-corrected chi connectivity index (χ0v) is 13.1. The second-order valence-corrected chi connectivity index (χ2v) is 5.70. The predicted molar refractivity (Wildman–Crippen MR) is 85.7 cm³/mol. The fourth-order valence-corrected chi connectivity index (χ4v) is 2.04. The molecule has 20 heavy (non-hydrogen) atoms. The van der Waals surface area contributed by atoms with Gasteiger partial charge in [-0.25, -0.2) is 0 Å². The lowest BCUT2D eigenvalue weighted by Gasteiger charge is -2.22. The number of nitrogens with two attached hydrogens (primary N) is 1. The van der Waals surface area contributed by atoms with Crippen LogP contribution in [-0.2, 0) is 11.3 Å². The molecular weight excluding hydrogens is 248 g/mol. The van der Waals surface area contributed by atoms with Crippen LogP contribution in [0, 0.1) is 5.92 Å². The lowest BCUT2D eigenvalue weighted by molar-refractivity contribution is 0.0935. The number of nitrogens with zero attached hydrogens (tertiary/aromatic N) is 1. The Labute approximate surface area is 124 Å². The second-order valence-electron chi connectivity index (χ2n) is 5.70. The third kappa shape index (κ3) is 8.31. The van der Waals surface area contributed by atoms with Gasteiger partial charge in [0.1, 0.15) is 0 Å². The molecule has 0 spiro atoms. The van der Waals surface area contributed by atoms with E-state index in [4.69, 9.17) is 10.5 Å². The summed E-state index contributed by atoms with van der Waals surface area (Å²) in [5.74, 6) is 0.715. The molecule has 1 rings (SSSR count). The van der Waals surface area contributed by atoms with E-state index in [-0.39, 0.29) is 0 Å².